The van der Waals surface area contributed by atoms with Gasteiger partial charge in [-0.25, -0.2) is 4.79 Å². The van der Waals surface area contributed by atoms with E-state index in [1.165, 1.54) is 6.07 Å². The molecular weight excluding hydrogens is 378 g/mol. The summed E-state index contributed by atoms with van der Waals surface area (Å²) < 4.78 is 0. The number of aromatic carboxylic acids is 1. The molecule has 1 amide bonds. The molecule has 0 saturated heterocycles. The predicted octanol–water partition coefficient (Wildman–Crippen LogP) is 4.38. The topological polar surface area (TPSA) is 86.6 Å². The second kappa shape index (κ2) is 9.22. The number of rotatable bonds is 5. The molecule has 28 heavy (non-hydrogen) atoms. The lowest BCUT2D eigenvalue weighted by atomic mass is 9.96. The Labute approximate surface area is 169 Å². The molecule has 1 aliphatic carbocycles. The molecule has 0 bridgehead atoms. The monoisotopic (exact) mass is 401 g/mol. The molecule has 1 saturated carbocycles. The summed E-state index contributed by atoms with van der Waals surface area (Å²) in [6, 6.07) is 11.6. The van der Waals surface area contributed by atoms with Gasteiger partial charge in [-0.15, -0.1) is 0 Å². The number of aliphatic hydroxyl groups excluding tert-OH is 1. The molecule has 2 aromatic rings. The van der Waals surface area contributed by atoms with Crippen LogP contribution in [0.3, 0.4) is 0 Å². The Balaban J connectivity index is 1.80. The lowest BCUT2D eigenvalue weighted by molar-refractivity contribution is 0.0697. The van der Waals surface area contributed by atoms with Gasteiger partial charge in [0.15, 0.2) is 0 Å². The average molecular weight is 402 g/mol. The standard InChI is InChI=1S/C22H24ClNO4/c23-19-11-10-14(16-7-4-5-8-17(16)22(27)28)12-18(19)21(26)24-13-15-6-2-1-3-9-20(15)25/h4-5,7-8,10-12,15,20,25H,1-3,6,9,13H2,(H,24,26)(H,27,28)/t15-,20-/m1/s1. The second-order valence-electron chi connectivity index (χ2n) is 7.22. The number of carboxylic acids is 1. The van der Waals surface area contributed by atoms with Crippen LogP contribution < -0.4 is 5.32 Å². The van der Waals surface area contributed by atoms with Gasteiger partial charge in [0.1, 0.15) is 0 Å². The van der Waals surface area contributed by atoms with Crippen molar-refractivity contribution in [3.05, 3.63) is 58.6 Å². The first-order valence-corrected chi connectivity index (χ1v) is 9.93. The van der Waals surface area contributed by atoms with Gasteiger partial charge in [0.2, 0.25) is 0 Å². The lowest BCUT2D eigenvalue weighted by Crippen LogP contribution is -2.34. The largest absolute Gasteiger partial charge is 0.478 e. The van der Waals surface area contributed by atoms with E-state index in [4.69, 9.17) is 11.6 Å². The maximum absolute atomic E-state index is 12.7. The van der Waals surface area contributed by atoms with E-state index in [-0.39, 0.29) is 17.4 Å². The van der Waals surface area contributed by atoms with Crippen molar-refractivity contribution in [2.24, 2.45) is 5.92 Å². The number of aliphatic hydroxyl groups is 1. The highest BCUT2D eigenvalue weighted by Gasteiger charge is 2.23. The van der Waals surface area contributed by atoms with Crippen molar-refractivity contribution in [1.82, 2.24) is 5.32 Å². The van der Waals surface area contributed by atoms with Crippen LogP contribution in [-0.2, 0) is 0 Å². The minimum atomic E-state index is -1.03. The molecule has 1 fully saturated rings. The lowest BCUT2D eigenvalue weighted by Gasteiger charge is -2.21. The van der Waals surface area contributed by atoms with Crippen LogP contribution in [0.5, 0.6) is 0 Å². The van der Waals surface area contributed by atoms with Crippen molar-refractivity contribution in [2.75, 3.05) is 6.54 Å². The number of hydrogen-bond acceptors (Lipinski definition) is 3. The third-order valence-electron chi connectivity index (χ3n) is 5.32. The van der Waals surface area contributed by atoms with Crippen molar-refractivity contribution in [3.63, 3.8) is 0 Å². The third kappa shape index (κ3) is 4.72. The van der Waals surface area contributed by atoms with Crippen LogP contribution >= 0.6 is 11.6 Å². The quantitative estimate of drug-likeness (QED) is 0.649. The molecule has 0 aromatic heterocycles. The van der Waals surface area contributed by atoms with Gasteiger partial charge in [-0.1, -0.05) is 55.1 Å². The van der Waals surface area contributed by atoms with Crippen LogP contribution in [0.2, 0.25) is 5.02 Å². The van der Waals surface area contributed by atoms with Gasteiger partial charge in [-0.05, 0) is 42.2 Å². The molecule has 3 N–H and O–H groups in total. The Morgan fingerprint density at radius 2 is 1.79 bits per heavy atom. The van der Waals surface area contributed by atoms with E-state index in [0.717, 1.165) is 32.1 Å². The molecule has 1 aliphatic rings. The van der Waals surface area contributed by atoms with Gasteiger partial charge in [-0.3, -0.25) is 4.79 Å². The van der Waals surface area contributed by atoms with Crippen molar-refractivity contribution in [3.8, 4) is 11.1 Å². The SMILES string of the molecule is O=C(NC[C@H]1CCCCC[C@H]1O)c1cc(-c2ccccc2C(=O)O)ccc1Cl. The summed E-state index contributed by atoms with van der Waals surface area (Å²) in [4.78, 5) is 24.2. The molecule has 5 nitrogen and oxygen atoms in total. The van der Waals surface area contributed by atoms with Gasteiger partial charge in [-0.2, -0.15) is 0 Å². The molecule has 0 aliphatic heterocycles. The normalized spacial score (nSPS) is 19.6. The van der Waals surface area contributed by atoms with Crippen LogP contribution in [0.4, 0.5) is 0 Å². The third-order valence-corrected chi connectivity index (χ3v) is 5.65. The van der Waals surface area contributed by atoms with Crippen LogP contribution in [0.25, 0.3) is 11.1 Å². The molecule has 0 heterocycles. The van der Waals surface area contributed by atoms with Crippen LogP contribution in [0.1, 0.15) is 52.8 Å². The Morgan fingerprint density at radius 1 is 1.04 bits per heavy atom. The second-order valence-corrected chi connectivity index (χ2v) is 7.63. The fraction of sp³-hybridized carbons (Fsp3) is 0.364. The molecule has 0 spiro atoms. The van der Waals surface area contributed by atoms with Gasteiger partial charge in [0, 0.05) is 12.5 Å². The van der Waals surface area contributed by atoms with Crippen molar-refractivity contribution in [2.45, 2.75) is 38.2 Å². The summed E-state index contributed by atoms with van der Waals surface area (Å²) in [5.74, 6) is -1.31. The molecule has 0 unspecified atom stereocenters. The van der Waals surface area contributed by atoms with E-state index in [1.54, 1.807) is 36.4 Å². The zero-order valence-electron chi connectivity index (χ0n) is 15.5. The smallest absolute Gasteiger partial charge is 0.336 e. The Hall–Kier alpha value is -2.37. The molecular formula is C22H24ClNO4. The van der Waals surface area contributed by atoms with E-state index in [0.29, 0.717) is 28.3 Å². The van der Waals surface area contributed by atoms with Crippen molar-refractivity contribution >= 4 is 23.5 Å². The van der Waals surface area contributed by atoms with E-state index >= 15 is 0 Å². The number of carboxylic acid groups (broad SMARTS) is 1. The van der Waals surface area contributed by atoms with Crippen molar-refractivity contribution in [1.29, 1.82) is 0 Å². The minimum Gasteiger partial charge on any atom is -0.478 e. The zero-order valence-corrected chi connectivity index (χ0v) is 16.3. The molecule has 2 aromatic carbocycles. The number of halogens is 1. The highest BCUT2D eigenvalue weighted by Crippen LogP contribution is 2.28. The number of amides is 1. The highest BCUT2D eigenvalue weighted by molar-refractivity contribution is 6.34. The molecule has 2 atom stereocenters. The fourth-order valence-electron chi connectivity index (χ4n) is 3.71. The summed E-state index contributed by atoms with van der Waals surface area (Å²) in [7, 11) is 0. The molecule has 6 heteroatoms. The summed E-state index contributed by atoms with van der Waals surface area (Å²) in [6.07, 6.45) is 4.44. The Bertz CT molecular complexity index is 867. The first-order chi connectivity index (χ1) is 13.5. The van der Waals surface area contributed by atoms with E-state index in [9.17, 15) is 19.8 Å². The summed E-state index contributed by atoms with van der Waals surface area (Å²) >= 11 is 6.23. The van der Waals surface area contributed by atoms with E-state index in [2.05, 4.69) is 5.32 Å². The van der Waals surface area contributed by atoms with E-state index in [1.807, 2.05) is 0 Å². The number of nitrogens with one attached hydrogen (secondary N) is 1. The maximum Gasteiger partial charge on any atom is 0.336 e. The number of benzene rings is 2. The summed E-state index contributed by atoms with van der Waals surface area (Å²) in [5.41, 5.74) is 1.60. The Kier molecular flexibility index (Phi) is 6.70. The number of carbonyl (C=O) groups is 2. The Morgan fingerprint density at radius 3 is 2.57 bits per heavy atom. The summed E-state index contributed by atoms with van der Waals surface area (Å²) in [6.45, 7) is 0.395. The predicted molar refractivity (Wildman–Crippen MR) is 109 cm³/mol. The van der Waals surface area contributed by atoms with E-state index < -0.39 is 12.1 Å². The minimum absolute atomic E-state index is 0.0427. The first-order valence-electron chi connectivity index (χ1n) is 9.56. The maximum atomic E-state index is 12.7. The van der Waals surface area contributed by atoms with Gasteiger partial charge >= 0.3 is 5.97 Å². The summed E-state index contributed by atoms with van der Waals surface area (Å²) in [5, 5.41) is 22.8. The van der Waals surface area contributed by atoms with Crippen LogP contribution in [0, 0.1) is 5.92 Å². The fourth-order valence-corrected chi connectivity index (χ4v) is 3.91. The van der Waals surface area contributed by atoms with Crippen LogP contribution in [0.15, 0.2) is 42.5 Å². The number of carbonyl (C=O) groups excluding carboxylic acids is 1. The van der Waals surface area contributed by atoms with Gasteiger partial charge in [0.05, 0.1) is 22.3 Å². The highest BCUT2D eigenvalue weighted by atomic mass is 35.5. The molecule has 0 radical (unpaired) electrons. The van der Waals surface area contributed by atoms with Crippen LogP contribution in [-0.4, -0.2) is 34.7 Å². The molecule has 148 valence electrons. The first kappa shape index (κ1) is 20.4. The zero-order chi connectivity index (χ0) is 20.1. The average Bonchev–Trinajstić information content (AvgIpc) is 2.90. The van der Waals surface area contributed by atoms with Gasteiger partial charge in [0.25, 0.3) is 5.91 Å². The van der Waals surface area contributed by atoms with Crippen molar-refractivity contribution < 1.29 is 19.8 Å². The van der Waals surface area contributed by atoms with Gasteiger partial charge < -0.3 is 15.5 Å². The number of hydrogen-bond donors (Lipinski definition) is 3. The molecule has 3 rings (SSSR count).